The Balaban J connectivity index is 1.88. The predicted molar refractivity (Wildman–Crippen MR) is 97.9 cm³/mol. The molecule has 126 valence electrons. The number of nitrogens with zero attached hydrogens (tertiary/aromatic N) is 1. The highest BCUT2D eigenvalue weighted by Crippen LogP contribution is 2.23. The summed E-state index contributed by atoms with van der Waals surface area (Å²) in [6.45, 7) is 5.38. The Morgan fingerprint density at radius 3 is 2.36 bits per heavy atom. The number of aromatic amines is 1. The van der Waals surface area contributed by atoms with Crippen LogP contribution in [0, 0.1) is 0 Å². The minimum Gasteiger partial charge on any atom is -0.456 e. The van der Waals surface area contributed by atoms with Crippen molar-refractivity contribution in [3.8, 4) is 11.3 Å². The van der Waals surface area contributed by atoms with E-state index in [2.05, 4.69) is 23.7 Å². The van der Waals surface area contributed by atoms with Crippen LogP contribution in [0.15, 0.2) is 72.8 Å². The van der Waals surface area contributed by atoms with E-state index >= 15 is 0 Å². The van der Waals surface area contributed by atoms with E-state index in [1.165, 1.54) is 5.56 Å². The Morgan fingerprint density at radius 2 is 1.72 bits per heavy atom. The molecule has 0 fully saturated rings. The molecule has 0 spiro atoms. The van der Waals surface area contributed by atoms with E-state index in [0.29, 0.717) is 12.0 Å². The standard InChI is InChI=1S/C21H20N2O2/c1-15(2)21(24)25-14-18-20(17-11-7-4-8-12-17)23-19(22-18)13-16-9-5-3-6-10-16/h3-12H,1,13-14H2,2H3,(H,22,23). The van der Waals surface area contributed by atoms with Gasteiger partial charge in [-0.25, -0.2) is 9.78 Å². The maximum atomic E-state index is 11.7. The number of carbonyl (C=O) groups excluding carboxylic acids is 1. The molecule has 0 atom stereocenters. The molecule has 0 aliphatic rings. The van der Waals surface area contributed by atoms with E-state index in [1.807, 2.05) is 48.5 Å². The highest BCUT2D eigenvalue weighted by atomic mass is 16.5. The molecule has 0 aliphatic carbocycles. The fourth-order valence-electron chi connectivity index (χ4n) is 2.54. The van der Waals surface area contributed by atoms with Gasteiger partial charge in [0.1, 0.15) is 12.4 Å². The third-order valence-electron chi connectivity index (χ3n) is 3.79. The van der Waals surface area contributed by atoms with E-state index in [-0.39, 0.29) is 6.61 Å². The number of aromatic nitrogens is 2. The number of rotatable bonds is 6. The highest BCUT2D eigenvalue weighted by Gasteiger charge is 2.14. The van der Waals surface area contributed by atoms with Gasteiger partial charge < -0.3 is 9.72 Å². The zero-order chi connectivity index (χ0) is 17.6. The average Bonchev–Trinajstić information content (AvgIpc) is 3.04. The van der Waals surface area contributed by atoms with Crippen molar-refractivity contribution in [2.75, 3.05) is 0 Å². The fraction of sp³-hybridized carbons (Fsp3) is 0.143. The number of H-pyrrole nitrogens is 1. The number of esters is 1. The van der Waals surface area contributed by atoms with Gasteiger partial charge in [-0.1, -0.05) is 67.2 Å². The van der Waals surface area contributed by atoms with Crippen molar-refractivity contribution < 1.29 is 9.53 Å². The van der Waals surface area contributed by atoms with E-state index < -0.39 is 5.97 Å². The van der Waals surface area contributed by atoms with E-state index in [1.54, 1.807) is 6.92 Å². The van der Waals surface area contributed by atoms with E-state index in [4.69, 9.17) is 9.72 Å². The van der Waals surface area contributed by atoms with Crippen molar-refractivity contribution in [1.29, 1.82) is 0 Å². The second kappa shape index (κ2) is 7.62. The zero-order valence-electron chi connectivity index (χ0n) is 14.2. The van der Waals surface area contributed by atoms with Gasteiger partial charge in [-0.05, 0) is 12.5 Å². The van der Waals surface area contributed by atoms with Crippen molar-refractivity contribution in [1.82, 2.24) is 9.97 Å². The smallest absolute Gasteiger partial charge is 0.333 e. The summed E-state index contributed by atoms with van der Waals surface area (Å²) >= 11 is 0. The first kappa shape index (κ1) is 16.7. The first-order valence-electron chi connectivity index (χ1n) is 8.13. The molecule has 0 unspecified atom stereocenters. The largest absolute Gasteiger partial charge is 0.456 e. The topological polar surface area (TPSA) is 55.0 Å². The molecule has 0 saturated heterocycles. The zero-order valence-corrected chi connectivity index (χ0v) is 14.2. The van der Waals surface area contributed by atoms with Crippen LogP contribution in [0.3, 0.4) is 0 Å². The molecule has 25 heavy (non-hydrogen) atoms. The van der Waals surface area contributed by atoms with Crippen LogP contribution in [-0.2, 0) is 22.6 Å². The van der Waals surface area contributed by atoms with Gasteiger partial charge in [0.25, 0.3) is 0 Å². The van der Waals surface area contributed by atoms with Gasteiger partial charge in [-0.2, -0.15) is 0 Å². The molecule has 1 aromatic heterocycles. The molecule has 2 aromatic carbocycles. The van der Waals surface area contributed by atoms with Crippen LogP contribution in [0.4, 0.5) is 0 Å². The number of hydrogen-bond acceptors (Lipinski definition) is 3. The average molecular weight is 332 g/mol. The molecule has 0 aliphatic heterocycles. The third kappa shape index (κ3) is 4.23. The number of imidazole rings is 1. The lowest BCUT2D eigenvalue weighted by molar-refractivity contribution is -0.140. The fourth-order valence-corrected chi connectivity index (χ4v) is 2.54. The molecular weight excluding hydrogens is 312 g/mol. The summed E-state index contributed by atoms with van der Waals surface area (Å²) in [5.41, 5.74) is 4.12. The number of ether oxygens (including phenoxy) is 1. The summed E-state index contributed by atoms with van der Waals surface area (Å²) in [7, 11) is 0. The molecule has 1 N–H and O–H groups in total. The molecule has 3 aromatic rings. The Kier molecular flexibility index (Phi) is 5.09. The third-order valence-corrected chi connectivity index (χ3v) is 3.79. The monoisotopic (exact) mass is 332 g/mol. The van der Waals surface area contributed by atoms with Crippen molar-refractivity contribution in [2.24, 2.45) is 0 Å². The van der Waals surface area contributed by atoms with Crippen LogP contribution in [0.25, 0.3) is 11.3 Å². The van der Waals surface area contributed by atoms with Gasteiger partial charge in [0, 0.05) is 17.6 Å². The van der Waals surface area contributed by atoms with Crippen LogP contribution in [0.1, 0.15) is 24.0 Å². The summed E-state index contributed by atoms with van der Waals surface area (Å²) in [6, 6.07) is 20.0. The first-order valence-corrected chi connectivity index (χ1v) is 8.13. The second-order valence-corrected chi connectivity index (χ2v) is 5.90. The van der Waals surface area contributed by atoms with Crippen molar-refractivity contribution in [2.45, 2.75) is 20.0 Å². The van der Waals surface area contributed by atoms with Gasteiger partial charge >= 0.3 is 5.97 Å². The van der Waals surface area contributed by atoms with Gasteiger partial charge in [0.2, 0.25) is 0 Å². The Hall–Kier alpha value is -3.14. The van der Waals surface area contributed by atoms with Gasteiger partial charge in [-0.3, -0.25) is 0 Å². The Morgan fingerprint density at radius 1 is 1.08 bits per heavy atom. The molecule has 0 bridgehead atoms. The lowest BCUT2D eigenvalue weighted by Crippen LogP contribution is -2.05. The normalized spacial score (nSPS) is 10.4. The second-order valence-electron chi connectivity index (χ2n) is 5.90. The minimum absolute atomic E-state index is 0.137. The lowest BCUT2D eigenvalue weighted by Gasteiger charge is -2.05. The van der Waals surface area contributed by atoms with Gasteiger partial charge in [0.05, 0.1) is 11.4 Å². The summed E-state index contributed by atoms with van der Waals surface area (Å²) in [5, 5.41) is 0. The van der Waals surface area contributed by atoms with Crippen molar-refractivity contribution in [3.05, 3.63) is 89.9 Å². The van der Waals surface area contributed by atoms with Crippen LogP contribution in [0.2, 0.25) is 0 Å². The number of benzene rings is 2. The van der Waals surface area contributed by atoms with Crippen LogP contribution >= 0.6 is 0 Å². The molecule has 4 nitrogen and oxygen atoms in total. The van der Waals surface area contributed by atoms with Crippen LogP contribution in [0.5, 0.6) is 0 Å². The van der Waals surface area contributed by atoms with Gasteiger partial charge in [0.15, 0.2) is 0 Å². The molecule has 3 rings (SSSR count). The van der Waals surface area contributed by atoms with Crippen molar-refractivity contribution >= 4 is 5.97 Å². The Labute approximate surface area is 147 Å². The quantitative estimate of drug-likeness (QED) is 0.541. The lowest BCUT2D eigenvalue weighted by atomic mass is 10.1. The molecule has 0 radical (unpaired) electrons. The van der Waals surface area contributed by atoms with E-state index in [9.17, 15) is 4.79 Å². The maximum Gasteiger partial charge on any atom is 0.333 e. The van der Waals surface area contributed by atoms with Crippen molar-refractivity contribution in [3.63, 3.8) is 0 Å². The molecule has 1 heterocycles. The minimum atomic E-state index is -0.404. The van der Waals surface area contributed by atoms with Crippen LogP contribution in [-0.4, -0.2) is 15.9 Å². The predicted octanol–water partition coefficient (Wildman–Crippen LogP) is 4.29. The first-order chi connectivity index (χ1) is 12.1. The number of hydrogen-bond donors (Lipinski definition) is 1. The summed E-state index contributed by atoms with van der Waals surface area (Å²) < 4.78 is 5.31. The van der Waals surface area contributed by atoms with Crippen LogP contribution < -0.4 is 0 Å². The number of nitrogens with one attached hydrogen (secondary N) is 1. The maximum absolute atomic E-state index is 11.7. The molecule has 0 saturated carbocycles. The highest BCUT2D eigenvalue weighted by molar-refractivity contribution is 5.87. The summed E-state index contributed by atoms with van der Waals surface area (Å²) in [6.07, 6.45) is 0.690. The molecule has 4 heteroatoms. The summed E-state index contributed by atoms with van der Waals surface area (Å²) in [4.78, 5) is 19.7. The molecule has 0 amide bonds. The van der Waals surface area contributed by atoms with Gasteiger partial charge in [-0.15, -0.1) is 0 Å². The summed E-state index contributed by atoms with van der Waals surface area (Å²) in [5.74, 6) is 0.435. The SMILES string of the molecule is C=C(C)C(=O)OCc1[nH]c(Cc2ccccc2)nc1-c1ccccc1. The Bertz CT molecular complexity index is 867. The molecular formula is C21H20N2O2. The number of carbonyl (C=O) groups is 1. The van der Waals surface area contributed by atoms with E-state index in [0.717, 1.165) is 22.8 Å².